The molecular formula is C17H27ClN2. The first-order valence-corrected chi connectivity index (χ1v) is 8.10. The van der Waals surface area contributed by atoms with Crippen LogP contribution in [0.2, 0.25) is 5.02 Å². The molecule has 1 aliphatic rings. The second-order valence-corrected chi connectivity index (χ2v) is 6.81. The number of halogens is 1. The summed E-state index contributed by atoms with van der Waals surface area (Å²) in [5, 5.41) is 0.825. The lowest BCUT2D eigenvalue weighted by atomic mass is 9.85. The highest BCUT2D eigenvalue weighted by molar-refractivity contribution is 6.31. The molecule has 20 heavy (non-hydrogen) atoms. The molecule has 3 heteroatoms. The summed E-state index contributed by atoms with van der Waals surface area (Å²) in [4.78, 5) is 2.46. The molecule has 0 bridgehead atoms. The standard InChI is InChI=1S/C17H27ClN2/c1-12-8-10-14(11-9-12)20(3)17(13(2)19)15-6-4-5-7-16(15)18/h4-7,12-14,17H,8-11,19H2,1-3H3. The molecule has 1 fully saturated rings. The topological polar surface area (TPSA) is 29.3 Å². The van der Waals surface area contributed by atoms with Crippen molar-refractivity contribution in [3.8, 4) is 0 Å². The number of hydrogen-bond donors (Lipinski definition) is 1. The van der Waals surface area contributed by atoms with Crippen molar-refractivity contribution in [3.05, 3.63) is 34.9 Å². The highest BCUT2D eigenvalue weighted by Crippen LogP contribution is 2.34. The summed E-state index contributed by atoms with van der Waals surface area (Å²) in [6.07, 6.45) is 5.18. The van der Waals surface area contributed by atoms with Crippen molar-refractivity contribution >= 4 is 11.6 Å². The minimum atomic E-state index is 0.0687. The largest absolute Gasteiger partial charge is 0.326 e. The highest BCUT2D eigenvalue weighted by Gasteiger charge is 2.30. The van der Waals surface area contributed by atoms with Crippen LogP contribution in [0.5, 0.6) is 0 Å². The smallest absolute Gasteiger partial charge is 0.0511 e. The first-order valence-electron chi connectivity index (χ1n) is 7.72. The third-order valence-electron chi connectivity index (χ3n) is 4.72. The van der Waals surface area contributed by atoms with Gasteiger partial charge in [-0.05, 0) is 57.2 Å². The summed E-state index contributed by atoms with van der Waals surface area (Å²) in [5.74, 6) is 0.869. The summed E-state index contributed by atoms with van der Waals surface area (Å²) in [5.41, 5.74) is 7.43. The average Bonchev–Trinajstić information content (AvgIpc) is 2.41. The van der Waals surface area contributed by atoms with Gasteiger partial charge in [-0.25, -0.2) is 0 Å². The van der Waals surface area contributed by atoms with Gasteiger partial charge in [0, 0.05) is 17.1 Å². The Hall–Kier alpha value is -0.570. The van der Waals surface area contributed by atoms with Gasteiger partial charge in [0.2, 0.25) is 0 Å². The second kappa shape index (κ2) is 6.93. The molecule has 2 rings (SSSR count). The number of rotatable bonds is 4. The number of hydrogen-bond acceptors (Lipinski definition) is 2. The minimum absolute atomic E-state index is 0.0687. The summed E-state index contributed by atoms with van der Waals surface area (Å²) < 4.78 is 0. The summed E-state index contributed by atoms with van der Waals surface area (Å²) in [6.45, 7) is 4.43. The van der Waals surface area contributed by atoms with E-state index >= 15 is 0 Å². The van der Waals surface area contributed by atoms with Crippen LogP contribution in [0.15, 0.2) is 24.3 Å². The van der Waals surface area contributed by atoms with Gasteiger partial charge in [0.25, 0.3) is 0 Å². The van der Waals surface area contributed by atoms with Crippen LogP contribution in [-0.4, -0.2) is 24.0 Å². The molecule has 0 aliphatic heterocycles. The van der Waals surface area contributed by atoms with Crippen molar-refractivity contribution in [1.82, 2.24) is 4.90 Å². The zero-order valence-electron chi connectivity index (χ0n) is 12.8. The zero-order valence-corrected chi connectivity index (χ0v) is 13.6. The maximum Gasteiger partial charge on any atom is 0.0511 e. The van der Waals surface area contributed by atoms with Gasteiger partial charge in [-0.2, -0.15) is 0 Å². The van der Waals surface area contributed by atoms with Crippen LogP contribution >= 0.6 is 11.6 Å². The summed E-state index contributed by atoms with van der Waals surface area (Å²) >= 11 is 6.39. The fourth-order valence-electron chi connectivity index (χ4n) is 3.47. The van der Waals surface area contributed by atoms with Crippen molar-refractivity contribution in [3.63, 3.8) is 0 Å². The molecule has 0 heterocycles. The molecule has 1 aromatic carbocycles. The summed E-state index contributed by atoms with van der Waals surface area (Å²) in [7, 11) is 2.21. The predicted molar refractivity (Wildman–Crippen MR) is 87.0 cm³/mol. The van der Waals surface area contributed by atoms with Gasteiger partial charge in [0.05, 0.1) is 6.04 Å². The predicted octanol–water partition coefficient (Wildman–Crippen LogP) is 4.24. The van der Waals surface area contributed by atoms with Gasteiger partial charge in [-0.15, -0.1) is 0 Å². The number of benzene rings is 1. The molecule has 2 nitrogen and oxygen atoms in total. The Morgan fingerprint density at radius 2 is 1.80 bits per heavy atom. The van der Waals surface area contributed by atoms with E-state index in [4.69, 9.17) is 17.3 Å². The van der Waals surface area contributed by atoms with E-state index in [0.29, 0.717) is 6.04 Å². The molecule has 1 aliphatic carbocycles. The fraction of sp³-hybridized carbons (Fsp3) is 0.647. The normalized spacial score (nSPS) is 26.5. The molecule has 2 N–H and O–H groups in total. The third kappa shape index (κ3) is 3.55. The first-order chi connectivity index (χ1) is 9.50. The average molecular weight is 295 g/mol. The van der Waals surface area contributed by atoms with E-state index in [1.807, 2.05) is 18.2 Å². The van der Waals surface area contributed by atoms with E-state index in [1.165, 1.54) is 25.7 Å². The minimum Gasteiger partial charge on any atom is -0.326 e. The van der Waals surface area contributed by atoms with E-state index in [2.05, 4.69) is 31.9 Å². The first kappa shape index (κ1) is 15.8. The van der Waals surface area contributed by atoms with Crippen LogP contribution in [0.4, 0.5) is 0 Å². The van der Waals surface area contributed by atoms with Gasteiger partial charge >= 0.3 is 0 Å². The van der Waals surface area contributed by atoms with E-state index in [-0.39, 0.29) is 12.1 Å². The molecule has 0 spiro atoms. The van der Waals surface area contributed by atoms with Gasteiger partial charge in [-0.3, -0.25) is 4.90 Å². The number of likely N-dealkylation sites (N-methyl/N-ethyl adjacent to an activating group) is 1. The lowest BCUT2D eigenvalue weighted by Crippen LogP contribution is -2.44. The van der Waals surface area contributed by atoms with Crippen molar-refractivity contribution in [2.24, 2.45) is 11.7 Å². The Kier molecular flexibility index (Phi) is 5.48. The van der Waals surface area contributed by atoms with Crippen LogP contribution in [-0.2, 0) is 0 Å². The lowest BCUT2D eigenvalue weighted by Gasteiger charge is -2.40. The van der Waals surface area contributed by atoms with Gasteiger partial charge in [0.15, 0.2) is 0 Å². The van der Waals surface area contributed by atoms with Crippen molar-refractivity contribution in [1.29, 1.82) is 0 Å². The van der Waals surface area contributed by atoms with Gasteiger partial charge < -0.3 is 5.73 Å². The molecule has 0 amide bonds. The van der Waals surface area contributed by atoms with E-state index in [0.717, 1.165) is 16.5 Å². The Morgan fingerprint density at radius 1 is 1.20 bits per heavy atom. The Morgan fingerprint density at radius 3 is 2.35 bits per heavy atom. The Labute approximate surface area is 128 Å². The molecule has 0 radical (unpaired) electrons. The Bertz CT molecular complexity index is 425. The van der Waals surface area contributed by atoms with Crippen molar-refractivity contribution < 1.29 is 0 Å². The quantitative estimate of drug-likeness (QED) is 0.900. The molecule has 0 saturated heterocycles. The molecule has 1 saturated carbocycles. The number of nitrogens with zero attached hydrogens (tertiary/aromatic N) is 1. The molecule has 1 aromatic rings. The molecular weight excluding hydrogens is 268 g/mol. The van der Waals surface area contributed by atoms with Gasteiger partial charge in [-0.1, -0.05) is 36.7 Å². The van der Waals surface area contributed by atoms with E-state index < -0.39 is 0 Å². The fourth-order valence-corrected chi connectivity index (χ4v) is 3.71. The Balaban J connectivity index is 2.18. The van der Waals surface area contributed by atoms with Gasteiger partial charge in [0.1, 0.15) is 0 Å². The third-order valence-corrected chi connectivity index (χ3v) is 5.07. The molecule has 2 atom stereocenters. The van der Waals surface area contributed by atoms with E-state index in [9.17, 15) is 0 Å². The van der Waals surface area contributed by atoms with Crippen molar-refractivity contribution in [2.45, 2.75) is 57.7 Å². The van der Waals surface area contributed by atoms with Crippen LogP contribution in [0.25, 0.3) is 0 Å². The highest BCUT2D eigenvalue weighted by atomic mass is 35.5. The maximum atomic E-state index is 6.39. The SMILES string of the molecule is CC1CCC(N(C)C(c2ccccc2Cl)C(C)N)CC1. The van der Waals surface area contributed by atoms with E-state index in [1.54, 1.807) is 0 Å². The molecule has 2 unspecified atom stereocenters. The summed E-state index contributed by atoms with van der Waals surface area (Å²) in [6, 6.07) is 8.99. The van der Waals surface area contributed by atoms with Crippen molar-refractivity contribution in [2.75, 3.05) is 7.05 Å². The molecule has 112 valence electrons. The monoisotopic (exact) mass is 294 g/mol. The van der Waals surface area contributed by atoms with Crippen LogP contribution in [0.3, 0.4) is 0 Å². The van der Waals surface area contributed by atoms with Crippen LogP contribution in [0, 0.1) is 5.92 Å². The molecule has 0 aromatic heterocycles. The zero-order chi connectivity index (χ0) is 14.7. The second-order valence-electron chi connectivity index (χ2n) is 6.40. The maximum absolute atomic E-state index is 6.39. The lowest BCUT2D eigenvalue weighted by molar-refractivity contribution is 0.111. The number of nitrogens with two attached hydrogens (primary N) is 1. The van der Waals surface area contributed by atoms with Crippen LogP contribution in [0.1, 0.15) is 51.1 Å². The van der Waals surface area contributed by atoms with Crippen LogP contribution < -0.4 is 5.73 Å².